The molecule has 0 bridgehead atoms. The van der Waals surface area contributed by atoms with E-state index in [0.717, 1.165) is 18.8 Å². The van der Waals surface area contributed by atoms with E-state index in [1.54, 1.807) is 0 Å². The Balaban J connectivity index is 0.000000371. The first-order valence-electron chi connectivity index (χ1n) is 3.76. The third-order valence-corrected chi connectivity index (χ3v) is 1.45. The molecular formula is C7H16N2O. The van der Waals surface area contributed by atoms with Crippen LogP contribution >= 0.6 is 0 Å². The molecule has 1 aliphatic rings. The van der Waals surface area contributed by atoms with Gasteiger partial charge in [-0.2, -0.15) is 0 Å². The normalized spacial score (nSPS) is 27.9. The van der Waals surface area contributed by atoms with Crippen LogP contribution in [0.15, 0.2) is 5.16 Å². The van der Waals surface area contributed by atoms with E-state index in [1.807, 2.05) is 20.8 Å². The van der Waals surface area contributed by atoms with E-state index in [9.17, 15) is 0 Å². The van der Waals surface area contributed by atoms with Crippen molar-refractivity contribution in [3.63, 3.8) is 0 Å². The second-order valence-electron chi connectivity index (χ2n) is 2.12. The van der Waals surface area contributed by atoms with Crippen molar-refractivity contribution < 1.29 is 5.21 Å². The highest BCUT2D eigenvalue weighted by Gasteiger charge is 2.16. The van der Waals surface area contributed by atoms with Gasteiger partial charge < -0.3 is 10.5 Å². The molecule has 1 aliphatic heterocycles. The van der Waals surface area contributed by atoms with Crippen LogP contribution in [0, 0.1) is 5.92 Å². The van der Waals surface area contributed by atoms with Crippen LogP contribution in [0.4, 0.5) is 0 Å². The lowest BCUT2D eigenvalue weighted by molar-refractivity contribution is 0.316. The van der Waals surface area contributed by atoms with Crippen LogP contribution in [0.1, 0.15) is 20.8 Å². The van der Waals surface area contributed by atoms with Gasteiger partial charge in [-0.25, -0.2) is 0 Å². The van der Waals surface area contributed by atoms with Gasteiger partial charge in [0.1, 0.15) is 0 Å². The summed E-state index contributed by atoms with van der Waals surface area (Å²) in [5.41, 5.74) is 0.866. The summed E-state index contributed by atoms with van der Waals surface area (Å²) in [6.07, 6.45) is 0. The summed E-state index contributed by atoms with van der Waals surface area (Å²) < 4.78 is 0. The van der Waals surface area contributed by atoms with E-state index < -0.39 is 0 Å². The Hall–Kier alpha value is -0.570. The van der Waals surface area contributed by atoms with Gasteiger partial charge in [0.15, 0.2) is 0 Å². The minimum Gasteiger partial charge on any atom is -0.411 e. The van der Waals surface area contributed by atoms with Gasteiger partial charge in [0.2, 0.25) is 0 Å². The Morgan fingerprint density at radius 2 is 2.20 bits per heavy atom. The van der Waals surface area contributed by atoms with Gasteiger partial charge in [0, 0.05) is 19.0 Å². The number of oxime groups is 1. The van der Waals surface area contributed by atoms with Gasteiger partial charge in [-0.3, -0.25) is 0 Å². The van der Waals surface area contributed by atoms with Crippen LogP contribution in [0.25, 0.3) is 0 Å². The molecule has 1 saturated heterocycles. The Morgan fingerprint density at radius 3 is 2.40 bits per heavy atom. The molecule has 3 nitrogen and oxygen atoms in total. The topological polar surface area (TPSA) is 44.6 Å². The zero-order chi connectivity index (χ0) is 7.98. The molecule has 0 aliphatic carbocycles. The fourth-order valence-corrected chi connectivity index (χ4v) is 0.843. The zero-order valence-electron chi connectivity index (χ0n) is 6.89. The van der Waals surface area contributed by atoms with Crippen molar-refractivity contribution in [2.24, 2.45) is 11.1 Å². The molecule has 0 aromatic rings. The molecule has 1 fully saturated rings. The highest BCUT2D eigenvalue weighted by Crippen LogP contribution is 2.01. The van der Waals surface area contributed by atoms with Gasteiger partial charge in [-0.1, -0.05) is 25.9 Å². The molecule has 1 atom stereocenters. The average molecular weight is 144 g/mol. The summed E-state index contributed by atoms with van der Waals surface area (Å²) in [5, 5.41) is 14.5. The number of hydrogen-bond acceptors (Lipinski definition) is 3. The summed E-state index contributed by atoms with van der Waals surface area (Å²) >= 11 is 0. The standard InChI is InChI=1S/C5H10N2O.C2H6/c1-4-2-6-3-5(4)7-8;1-2/h4,6,8H,2-3H2,1H3;1-2H3/b7-5+;. The van der Waals surface area contributed by atoms with Crippen molar-refractivity contribution in [2.75, 3.05) is 13.1 Å². The van der Waals surface area contributed by atoms with Crippen molar-refractivity contribution in [3.8, 4) is 0 Å². The Labute approximate surface area is 62.1 Å². The van der Waals surface area contributed by atoms with Gasteiger partial charge in [0.25, 0.3) is 0 Å². The van der Waals surface area contributed by atoms with E-state index >= 15 is 0 Å². The molecule has 1 heterocycles. The minimum absolute atomic E-state index is 0.417. The van der Waals surface area contributed by atoms with Crippen molar-refractivity contribution >= 4 is 5.71 Å². The molecule has 1 rings (SSSR count). The monoisotopic (exact) mass is 144 g/mol. The number of nitrogens with one attached hydrogen (secondary N) is 1. The summed E-state index contributed by atoms with van der Waals surface area (Å²) in [6.45, 7) is 7.73. The predicted molar refractivity (Wildman–Crippen MR) is 42.6 cm³/mol. The second kappa shape index (κ2) is 5.23. The second-order valence-corrected chi connectivity index (χ2v) is 2.12. The average Bonchev–Trinajstić information content (AvgIpc) is 2.39. The highest BCUT2D eigenvalue weighted by molar-refractivity contribution is 5.89. The number of nitrogens with zero attached hydrogens (tertiary/aromatic N) is 1. The molecule has 60 valence electrons. The summed E-state index contributed by atoms with van der Waals surface area (Å²) in [6, 6.07) is 0. The maximum absolute atomic E-state index is 8.28. The maximum atomic E-state index is 8.28. The first kappa shape index (κ1) is 9.43. The van der Waals surface area contributed by atoms with Crippen LogP contribution in [-0.4, -0.2) is 24.0 Å². The quantitative estimate of drug-likeness (QED) is 0.395. The Kier molecular flexibility index (Phi) is 4.94. The van der Waals surface area contributed by atoms with E-state index in [1.165, 1.54) is 0 Å². The number of rotatable bonds is 0. The molecule has 0 saturated carbocycles. The zero-order valence-corrected chi connectivity index (χ0v) is 6.89. The van der Waals surface area contributed by atoms with E-state index in [2.05, 4.69) is 10.5 Å². The lowest BCUT2D eigenvalue weighted by Crippen LogP contribution is -2.08. The van der Waals surface area contributed by atoms with Crippen LogP contribution in [0.5, 0.6) is 0 Å². The fourth-order valence-electron chi connectivity index (χ4n) is 0.843. The molecule has 1 unspecified atom stereocenters. The fraction of sp³-hybridized carbons (Fsp3) is 0.857. The summed E-state index contributed by atoms with van der Waals surface area (Å²) in [4.78, 5) is 0. The largest absolute Gasteiger partial charge is 0.411 e. The maximum Gasteiger partial charge on any atom is 0.0749 e. The SMILES string of the molecule is CC.CC1CNC/C1=N\O. The van der Waals surface area contributed by atoms with Crippen LogP contribution in [0.2, 0.25) is 0 Å². The van der Waals surface area contributed by atoms with Gasteiger partial charge in [-0.15, -0.1) is 0 Å². The molecule has 0 spiro atoms. The molecule has 3 heteroatoms. The molecule has 0 amide bonds. The van der Waals surface area contributed by atoms with Crippen molar-refractivity contribution in [1.82, 2.24) is 5.32 Å². The molecule has 0 aromatic carbocycles. The molecule has 0 radical (unpaired) electrons. The van der Waals surface area contributed by atoms with Crippen molar-refractivity contribution in [2.45, 2.75) is 20.8 Å². The van der Waals surface area contributed by atoms with Crippen molar-refractivity contribution in [3.05, 3.63) is 0 Å². The summed E-state index contributed by atoms with van der Waals surface area (Å²) in [5.74, 6) is 0.417. The third kappa shape index (κ3) is 2.35. The molecule has 2 N–H and O–H groups in total. The predicted octanol–water partition coefficient (Wildman–Crippen LogP) is 1.08. The smallest absolute Gasteiger partial charge is 0.0749 e. The molecule has 10 heavy (non-hydrogen) atoms. The molecular weight excluding hydrogens is 128 g/mol. The van der Waals surface area contributed by atoms with E-state index in [-0.39, 0.29) is 0 Å². The Morgan fingerprint density at radius 1 is 1.60 bits per heavy atom. The van der Waals surface area contributed by atoms with Gasteiger partial charge in [0.05, 0.1) is 5.71 Å². The van der Waals surface area contributed by atoms with E-state index in [0.29, 0.717) is 5.92 Å². The lowest BCUT2D eigenvalue weighted by Gasteiger charge is -1.95. The minimum atomic E-state index is 0.417. The molecule has 0 aromatic heterocycles. The lowest BCUT2D eigenvalue weighted by atomic mass is 10.1. The highest BCUT2D eigenvalue weighted by atomic mass is 16.4. The van der Waals surface area contributed by atoms with Crippen LogP contribution in [0.3, 0.4) is 0 Å². The van der Waals surface area contributed by atoms with Gasteiger partial charge >= 0.3 is 0 Å². The first-order valence-corrected chi connectivity index (χ1v) is 3.76. The van der Waals surface area contributed by atoms with Gasteiger partial charge in [-0.05, 0) is 0 Å². The van der Waals surface area contributed by atoms with Crippen molar-refractivity contribution in [1.29, 1.82) is 0 Å². The van der Waals surface area contributed by atoms with Crippen LogP contribution in [-0.2, 0) is 0 Å². The Bertz CT molecular complexity index is 112. The number of hydrogen-bond donors (Lipinski definition) is 2. The first-order chi connectivity index (χ1) is 4.84. The van der Waals surface area contributed by atoms with Crippen LogP contribution < -0.4 is 5.32 Å². The summed E-state index contributed by atoms with van der Waals surface area (Å²) in [7, 11) is 0. The third-order valence-electron chi connectivity index (χ3n) is 1.45. The van der Waals surface area contributed by atoms with E-state index in [4.69, 9.17) is 5.21 Å².